The van der Waals surface area contributed by atoms with E-state index in [1.54, 1.807) is 6.92 Å². The standard InChI is InChI=1S/C20H21F5N4O4/c1-9-4-17(29-15(11(3)30)7-32-19(29)31)28-18(26-9)27-10(2)12-5-14(22)16(6-13(12)21)33-8-20(23,24)25/h4-6,10-11,15,30H,7-8H2,1-3H3,(H,26,27,28)/t10-,11+,15?/m0/s1. The molecule has 1 unspecified atom stereocenters. The lowest BCUT2D eigenvalue weighted by atomic mass is 10.1. The Labute approximate surface area is 185 Å². The summed E-state index contributed by atoms with van der Waals surface area (Å²) in [6.07, 6.45) is -6.32. The lowest BCUT2D eigenvalue weighted by molar-refractivity contribution is -0.153. The van der Waals surface area contributed by atoms with Gasteiger partial charge in [0.1, 0.15) is 24.3 Å². The molecule has 1 fully saturated rings. The van der Waals surface area contributed by atoms with E-state index >= 15 is 0 Å². The van der Waals surface area contributed by atoms with Crippen LogP contribution in [0, 0.1) is 18.6 Å². The quantitative estimate of drug-likeness (QED) is 0.586. The molecule has 1 aromatic heterocycles. The monoisotopic (exact) mass is 476 g/mol. The number of aromatic nitrogens is 2. The second-order valence-corrected chi connectivity index (χ2v) is 7.52. The summed E-state index contributed by atoms with van der Waals surface area (Å²) >= 11 is 0. The molecule has 2 heterocycles. The Hall–Kier alpha value is -3.22. The molecule has 0 aliphatic carbocycles. The molecule has 1 aliphatic rings. The van der Waals surface area contributed by atoms with Crippen LogP contribution in [0.2, 0.25) is 0 Å². The maximum absolute atomic E-state index is 14.5. The molecule has 0 radical (unpaired) electrons. The van der Waals surface area contributed by atoms with Crippen molar-refractivity contribution in [1.29, 1.82) is 0 Å². The van der Waals surface area contributed by atoms with Crippen LogP contribution in [0.5, 0.6) is 5.75 Å². The first-order valence-electron chi connectivity index (χ1n) is 9.80. The number of halogens is 5. The maximum atomic E-state index is 14.5. The average Bonchev–Trinajstić information content (AvgIpc) is 3.09. The Kier molecular flexibility index (Phi) is 6.91. The smallest absolute Gasteiger partial charge is 0.422 e. The van der Waals surface area contributed by atoms with Crippen LogP contribution in [-0.2, 0) is 4.74 Å². The first-order chi connectivity index (χ1) is 15.4. The van der Waals surface area contributed by atoms with E-state index in [0.717, 1.165) is 6.07 Å². The Bertz CT molecular complexity index is 1030. The van der Waals surface area contributed by atoms with Gasteiger partial charge in [-0.05, 0) is 26.8 Å². The first-order valence-corrected chi connectivity index (χ1v) is 9.80. The van der Waals surface area contributed by atoms with Crippen molar-refractivity contribution in [1.82, 2.24) is 9.97 Å². The van der Waals surface area contributed by atoms with Gasteiger partial charge in [0.25, 0.3) is 0 Å². The molecule has 3 rings (SSSR count). The number of aryl methyl sites for hydroxylation is 1. The fourth-order valence-corrected chi connectivity index (χ4v) is 3.21. The Balaban J connectivity index is 1.82. The Morgan fingerprint density at radius 1 is 1.24 bits per heavy atom. The van der Waals surface area contributed by atoms with Crippen molar-refractivity contribution in [3.05, 3.63) is 41.1 Å². The number of benzene rings is 1. The zero-order valence-corrected chi connectivity index (χ0v) is 17.8. The van der Waals surface area contributed by atoms with Crippen molar-refractivity contribution in [2.45, 2.75) is 45.1 Å². The van der Waals surface area contributed by atoms with Crippen molar-refractivity contribution in [3.63, 3.8) is 0 Å². The summed E-state index contributed by atoms with van der Waals surface area (Å²) in [5.74, 6) is -2.94. The summed E-state index contributed by atoms with van der Waals surface area (Å²) in [6.45, 7) is 2.78. The highest BCUT2D eigenvalue weighted by molar-refractivity contribution is 5.89. The summed E-state index contributed by atoms with van der Waals surface area (Å²) < 4.78 is 74.8. The van der Waals surface area contributed by atoms with Crippen LogP contribution in [0.25, 0.3) is 0 Å². The number of aliphatic hydroxyl groups is 1. The van der Waals surface area contributed by atoms with E-state index < -0.39 is 54.4 Å². The molecule has 0 saturated carbocycles. The first kappa shape index (κ1) is 24.4. The minimum Gasteiger partial charge on any atom is -0.481 e. The summed E-state index contributed by atoms with van der Waals surface area (Å²) in [4.78, 5) is 21.7. The van der Waals surface area contributed by atoms with E-state index in [4.69, 9.17) is 4.74 Å². The van der Waals surface area contributed by atoms with Crippen LogP contribution in [0.15, 0.2) is 18.2 Å². The van der Waals surface area contributed by atoms with Gasteiger partial charge in [0.2, 0.25) is 5.95 Å². The lowest BCUT2D eigenvalue weighted by Gasteiger charge is -2.23. The summed E-state index contributed by atoms with van der Waals surface area (Å²) in [7, 11) is 0. The number of aliphatic hydroxyl groups excluding tert-OH is 1. The molecule has 8 nitrogen and oxygen atoms in total. The van der Waals surface area contributed by atoms with Crippen molar-refractivity contribution in [3.8, 4) is 5.75 Å². The summed E-state index contributed by atoms with van der Waals surface area (Å²) in [5, 5.41) is 12.7. The summed E-state index contributed by atoms with van der Waals surface area (Å²) in [6, 6.07) is 1.16. The molecule has 1 aliphatic heterocycles. The number of carbonyl (C=O) groups is 1. The van der Waals surface area contributed by atoms with E-state index in [-0.39, 0.29) is 23.9 Å². The molecular formula is C20H21F5N4O4. The van der Waals surface area contributed by atoms with Gasteiger partial charge in [0.05, 0.1) is 12.1 Å². The van der Waals surface area contributed by atoms with Gasteiger partial charge in [-0.3, -0.25) is 4.90 Å². The van der Waals surface area contributed by atoms with Crippen LogP contribution in [-0.4, -0.2) is 52.7 Å². The minimum absolute atomic E-state index is 0.0289. The van der Waals surface area contributed by atoms with Crippen LogP contribution >= 0.6 is 0 Å². The highest BCUT2D eigenvalue weighted by atomic mass is 19.4. The zero-order chi connectivity index (χ0) is 24.5. The van der Waals surface area contributed by atoms with Gasteiger partial charge in [-0.2, -0.15) is 18.2 Å². The van der Waals surface area contributed by atoms with E-state index in [9.17, 15) is 31.9 Å². The summed E-state index contributed by atoms with van der Waals surface area (Å²) in [5.41, 5.74) is 0.224. The van der Waals surface area contributed by atoms with Crippen LogP contribution in [0.4, 0.5) is 38.5 Å². The number of alkyl halides is 3. The maximum Gasteiger partial charge on any atom is 0.422 e. The Morgan fingerprint density at radius 3 is 2.58 bits per heavy atom. The van der Waals surface area contributed by atoms with Gasteiger partial charge in [-0.25, -0.2) is 18.6 Å². The van der Waals surface area contributed by atoms with Gasteiger partial charge in [0, 0.05) is 23.4 Å². The molecule has 1 amide bonds. The van der Waals surface area contributed by atoms with Gasteiger partial charge in [-0.15, -0.1) is 0 Å². The predicted octanol–water partition coefficient (Wildman–Crippen LogP) is 3.88. The van der Waals surface area contributed by atoms with Gasteiger partial charge in [-0.1, -0.05) is 0 Å². The van der Waals surface area contributed by atoms with Crippen LogP contribution in [0.1, 0.15) is 31.1 Å². The van der Waals surface area contributed by atoms with E-state index in [2.05, 4.69) is 20.0 Å². The normalized spacial score (nSPS) is 18.2. The molecule has 1 saturated heterocycles. The number of rotatable bonds is 7. The molecule has 180 valence electrons. The number of nitrogens with zero attached hydrogens (tertiary/aromatic N) is 3. The lowest BCUT2D eigenvalue weighted by Crippen LogP contribution is -2.41. The fraction of sp³-hybridized carbons (Fsp3) is 0.450. The second kappa shape index (κ2) is 9.33. The zero-order valence-electron chi connectivity index (χ0n) is 17.8. The van der Waals surface area contributed by atoms with Crippen molar-refractivity contribution in [2.24, 2.45) is 0 Å². The third kappa shape index (κ3) is 5.78. The average molecular weight is 476 g/mol. The number of anilines is 2. The predicted molar refractivity (Wildman–Crippen MR) is 106 cm³/mol. The van der Waals surface area contributed by atoms with Crippen LogP contribution in [0.3, 0.4) is 0 Å². The molecular weight excluding hydrogens is 455 g/mol. The molecule has 3 atom stereocenters. The fourth-order valence-electron chi connectivity index (χ4n) is 3.21. The molecule has 0 spiro atoms. The number of ether oxygens (including phenoxy) is 2. The van der Waals surface area contributed by atoms with E-state index in [1.165, 1.54) is 24.8 Å². The molecule has 1 aromatic carbocycles. The minimum atomic E-state index is -4.70. The van der Waals surface area contributed by atoms with Crippen molar-refractivity contribution >= 4 is 17.9 Å². The number of hydrogen-bond acceptors (Lipinski definition) is 7. The second-order valence-electron chi connectivity index (χ2n) is 7.52. The number of hydrogen-bond donors (Lipinski definition) is 2. The molecule has 2 N–H and O–H groups in total. The van der Waals surface area contributed by atoms with Gasteiger partial charge in [0.15, 0.2) is 18.2 Å². The number of cyclic esters (lactones) is 1. The van der Waals surface area contributed by atoms with Crippen molar-refractivity contribution in [2.75, 3.05) is 23.4 Å². The highest BCUT2D eigenvalue weighted by Gasteiger charge is 2.38. The van der Waals surface area contributed by atoms with Gasteiger partial charge >= 0.3 is 12.3 Å². The third-order valence-electron chi connectivity index (χ3n) is 4.80. The van der Waals surface area contributed by atoms with Crippen LogP contribution < -0.4 is 15.0 Å². The number of nitrogens with one attached hydrogen (secondary N) is 1. The van der Waals surface area contributed by atoms with E-state index in [0.29, 0.717) is 11.8 Å². The molecule has 2 aromatic rings. The van der Waals surface area contributed by atoms with E-state index in [1.807, 2.05) is 0 Å². The number of carbonyl (C=O) groups excluding carboxylic acids is 1. The number of amides is 1. The SMILES string of the molecule is Cc1cc(N2C(=O)OCC2[C@@H](C)O)nc(N[C@@H](C)c2cc(F)c(OCC(F)(F)F)cc2F)n1. The van der Waals surface area contributed by atoms with Gasteiger partial charge < -0.3 is 19.9 Å². The topological polar surface area (TPSA) is 96.8 Å². The largest absolute Gasteiger partial charge is 0.481 e. The van der Waals surface area contributed by atoms with Crippen molar-refractivity contribution < 1.29 is 41.3 Å². The molecule has 33 heavy (non-hydrogen) atoms. The Morgan fingerprint density at radius 2 is 1.94 bits per heavy atom. The molecule has 13 heteroatoms. The molecule has 0 bridgehead atoms. The third-order valence-corrected chi connectivity index (χ3v) is 4.80. The highest BCUT2D eigenvalue weighted by Crippen LogP contribution is 2.30.